The van der Waals surface area contributed by atoms with E-state index in [0.29, 0.717) is 46.6 Å². The predicted molar refractivity (Wildman–Crippen MR) is 105 cm³/mol. The molecule has 0 aromatic rings. The fourth-order valence-electron chi connectivity index (χ4n) is 5.42. The van der Waals surface area contributed by atoms with Crippen molar-refractivity contribution in [2.75, 3.05) is 0 Å². The van der Waals surface area contributed by atoms with Gasteiger partial charge in [-0.2, -0.15) is 0 Å². The second kappa shape index (κ2) is 6.16. The normalized spacial score (nSPS) is 48.2. The number of hydrogen-bond acceptors (Lipinski definition) is 4. The second-order valence-electron chi connectivity index (χ2n) is 8.34. The van der Waals surface area contributed by atoms with Crippen LogP contribution in [0.4, 0.5) is 0 Å². The van der Waals surface area contributed by atoms with E-state index in [1.54, 1.807) is 5.57 Å². The highest BCUT2D eigenvalue weighted by Crippen LogP contribution is 2.50. The van der Waals surface area contributed by atoms with Crippen LogP contribution >= 0.6 is 11.8 Å². The Morgan fingerprint density at radius 1 is 1.32 bits per heavy atom. The minimum atomic E-state index is -2.08. The van der Waals surface area contributed by atoms with Gasteiger partial charge in [-0.05, 0) is 62.4 Å². The molecule has 2 fully saturated rings. The van der Waals surface area contributed by atoms with Crippen LogP contribution in [0, 0.1) is 17.8 Å². The highest BCUT2D eigenvalue weighted by atomic mass is 32.2. The van der Waals surface area contributed by atoms with E-state index in [-0.39, 0.29) is 6.23 Å². The van der Waals surface area contributed by atoms with Crippen LogP contribution in [0.3, 0.4) is 0 Å². The highest BCUT2D eigenvalue weighted by Gasteiger charge is 2.47. The Labute approximate surface area is 160 Å². The summed E-state index contributed by atoms with van der Waals surface area (Å²) in [4.78, 5) is 4.55. The summed E-state index contributed by atoms with van der Waals surface area (Å²) in [5.41, 5.74) is 3.35. The molecule has 3 nitrogen and oxygen atoms in total. The lowest BCUT2D eigenvalue weighted by Gasteiger charge is -2.34. The van der Waals surface area contributed by atoms with Crippen molar-refractivity contribution in [2.45, 2.75) is 82.1 Å². The van der Waals surface area contributed by atoms with E-state index >= 15 is 0 Å². The van der Waals surface area contributed by atoms with Gasteiger partial charge in [-0.25, -0.2) is 0 Å². The van der Waals surface area contributed by atoms with E-state index in [1.165, 1.54) is 12.0 Å². The fraction of sp³-hybridized carbons (Fsp3) is 0.762. The molecule has 4 unspecified atom stereocenters. The zero-order chi connectivity index (χ0) is 19.6. The van der Waals surface area contributed by atoms with Gasteiger partial charge in [0.15, 0.2) is 6.23 Å². The average Bonchev–Trinajstić information content (AvgIpc) is 3.17. The van der Waals surface area contributed by atoms with Crippen LogP contribution in [-0.2, 0) is 4.74 Å². The zero-order valence-electron chi connectivity index (χ0n) is 18.1. The molecule has 0 spiro atoms. The largest absolute Gasteiger partial charge is 0.472 e. The third-order valence-electron chi connectivity index (χ3n) is 6.99. The summed E-state index contributed by atoms with van der Waals surface area (Å²) < 4.78 is 29.5. The van der Waals surface area contributed by atoms with Crippen LogP contribution in [0.15, 0.2) is 28.0 Å². The van der Waals surface area contributed by atoms with E-state index in [1.807, 2.05) is 11.8 Å². The van der Waals surface area contributed by atoms with Gasteiger partial charge in [0.25, 0.3) is 0 Å². The van der Waals surface area contributed by atoms with Crippen molar-refractivity contribution in [2.24, 2.45) is 22.7 Å². The van der Waals surface area contributed by atoms with Crippen LogP contribution in [0.25, 0.3) is 0 Å². The standard InChI is InChI=1S/C21H30N2OS/c1-11-7-8-16-15-5-4-6-17(19(15)24-20(16)22-11)18-10-9-14-12(2)13(3)25-21(14)23-18/h9,12-13,15-16,18,20-21,23H,4-8,10H2,1-3H3/t12-,13?,15?,16?,18+,20?,21+/m0/s1/i1D3. The smallest absolute Gasteiger partial charge is 0.192 e. The number of hydrogen-bond donors (Lipinski definition) is 1. The SMILES string of the molecule is [2H]C([2H])([2H])C1=NC2OC3=C([C@H]4CC=C5[C@H](N4)SC(C)[C@@H]5C)CCCC3C2CC1. The Kier molecular flexibility index (Phi) is 3.31. The van der Waals surface area contributed by atoms with E-state index in [9.17, 15) is 0 Å². The predicted octanol–water partition coefficient (Wildman–Crippen LogP) is 4.65. The van der Waals surface area contributed by atoms with Gasteiger partial charge in [-0.15, -0.1) is 11.8 Å². The number of fused-ring (bicyclic) bond motifs is 4. The molecule has 0 saturated carbocycles. The molecule has 7 atom stereocenters. The second-order valence-corrected chi connectivity index (χ2v) is 9.83. The summed E-state index contributed by atoms with van der Waals surface area (Å²) in [6, 6.07) is 0.350. The Balaban J connectivity index is 1.41. The molecule has 5 rings (SSSR count). The Bertz CT molecular complexity index is 759. The van der Waals surface area contributed by atoms with Gasteiger partial charge >= 0.3 is 0 Å². The molecule has 2 saturated heterocycles. The maximum Gasteiger partial charge on any atom is 0.192 e. The summed E-state index contributed by atoms with van der Waals surface area (Å²) in [5.74, 6) is 2.58. The maximum absolute atomic E-state index is 7.70. The molecule has 5 aliphatic rings. The van der Waals surface area contributed by atoms with Crippen LogP contribution in [-0.4, -0.2) is 28.6 Å². The number of rotatable bonds is 1. The molecule has 1 N–H and O–H groups in total. The van der Waals surface area contributed by atoms with Gasteiger partial charge in [-0.3, -0.25) is 10.3 Å². The first-order chi connectivity index (χ1) is 13.3. The first-order valence-corrected chi connectivity index (χ1v) is 10.9. The van der Waals surface area contributed by atoms with Gasteiger partial charge in [0, 0.05) is 33.0 Å². The van der Waals surface area contributed by atoms with Crippen molar-refractivity contribution in [3.63, 3.8) is 0 Å². The Hall–Kier alpha value is -0.740. The van der Waals surface area contributed by atoms with E-state index in [2.05, 4.69) is 30.2 Å². The lowest BCUT2D eigenvalue weighted by Crippen LogP contribution is -2.42. The fourth-order valence-corrected chi connectivity index (χ4v) is 6.96. The van der Waals surface area contributed by atoms with Crippen molar-refractivity contribution in [1.29, 1.82) is 0 Å². The van der Waals surface area contributed by atoms with Crippen molar-refractivity contribution < 1.29 is 8.85 Å². The van der Waals surface area contributed by atoms with Crippen LogP contribution in [0.5, 0.6) is 0 Å². The van der Waals surface area contributed by atoms with E-state index in [0.717, 1.165) is 31.4 Å². The summed E-state index contributed by atoms with van der Waals surface area (Å²) in [7, 11) is 0. The minimum Gasteiger partial charge on any atom is -0.472 e. The number of nitrogens with zero attached hydrogens (tertiary/aromatic N) is 1. The van der Waals surface area contributed by atoms with Crippen molar-refractivity contribution in [3.05, 3.63) is 23.0 Å². The molecule has 4 heterocycles. The lowest BCUT2D eigenvalue weighted by atomic mass is 9.76. The summed E-state index contributed by atoms with van der Waals surface area (Å²) in [6.45, 7) is 2.59. The van der Waals surface area contributed by atoms with Crippen LogP contribution in [0.1, 0.15) is 63.3 Å². The zero-order valence-corrected chi connectivity index (χ0v) is 15.9. The first-order valence-electron chi connectivity index (χ1n) is 11.4. The number of ether oxygens (including phenoxy) is 1. The van der Waals surface area contributed by atoms with Gasteiger partial charge in [-0.1, -0.05) is 19.9 Å². The van der Waals surface area contributed by atoms with E-state index < -0.39 is 6.85 Å². The first kappa shape index (κ1) is 13.4. The molecular formula is C21H30N2OS. The monoisotopic (exact) mass is 361 g/mol. The van der Waals surface area contributed by atoms with Crippen molar-refractivity contribution in [3.8, 4) is 0 Å². The number of aliphatic imine (C=N–C) groups is 1. The third kappa shape index (κ3) is 2.63. The molecular weight excluding hydrogens is 328 g/mol. The highest BCUT2D eigenvalue weighted by molar-refractivity contribution is 8.01. The molecule has 4 aliphatic heterocycles. The summed E-state index contributed by atoms with van der Waals surface area (Å²) in [5, 5.41) is 5.00. The number of thioether (sulfide) groups is 1. The summed E-state index contributed by atoms with van der Waals surface area (Å²) >= 11 is 2.05. The number of allylic oxidation sites excluding steroid dienone is 1. The maximum atomic E-state index is 7.70. The molecule has 0 radical (unpaired) electrons. The molecule has 0 aromatic carbocycles. The minimum absolute atomic E-state index is 0.284. The van der Waals surface area contributed by atoms with Gasteiger partial charge in [0.2, 0.25) is 0 Å². The molecule has 1 aliphatic carbocycles. The average molecular weight is 362 g/mol. The third-order valence-corrected chi connectivity index (χ3v) is 8.51. The molecule has 4 heteroatoms. The molecule has 0 amide bonds. The van der Waals surface area contributed by atoms with Crippen LogP contribution < -0.4 is 5.32 Å². The van der Waals surface area contributed by atoms with Gasteiger partial charge in [0.05, 0.1) is 5.37 Å². The molecule has 0 bridgehead atoms. The topological polar surface area (TPSA) is 33.6 Å². The molecule has 136 valence electrons. The van der Waals surface area contributed by atoms with Crippen molar-refractivity contribution in [1.82, 2.24) is 5.32 Å². The van der Waals surface area contributed by atoms with Crippen LogP contribution in [0.2, 0.25) is 0 Å². The number of nitrogens with one attached hydrogen (secondary N) is 1. The van der Waals surface area contributed by atoms with E-state index in [4.69, 9.17) is 8.85 Å². The summed E-state index contributed by atoms with van der Waals surface area (Å²) in [6.07, 6.45) is 8.14. The molecule has 0 aromatic heterocycles. The van der Waals surface area contributed by atoms with Gasteiger partial charge < -0.3 is 4.74 Å². The lowest BCUT2D eigenvalue weighted by molar-refractivity contribution is 0.127. The van der Waals surface area contributed by atoms with Gasteiger partial charge in [0.1, 0.15) is 5.76 Å². The van der Waals surface area contributed by atoms with Crippen molar-refractivity contribution >= 4 is 17.5 Å². The Morgan fingerprint density at radius 2 is 2.24 bits per heavy atom. The quantitative estimate of drug-likeness (QED) is 0.690. The molecule has 25 heavy (non-hydrogen) atoms. The Morgan fingerprint density at radius 3 is 3.12 bits per heavy atom.